The first-order valence-corrected chi connectivity index (χ1v) is 6.85. The van der Waals surface area contributed by atoms with Gasteiger partial charge in [-0.15, -0.1) is 11.3 Å². The fraction of sp³-hybridized carbons (Fsp3) is 0.0667. The summed E-state index contributed by atoms with van der Waals surface area (Å²) in [5.41, 5.74) is -0.232. The monoisotopic (exact) mass is 305 g/mol. The Balaban J connectivity index is 2.13. The lowest BCUT2D eigenvalue weighted by Gasteiger charge is -2.06. The standard InChI is InChI=1S/C15H12FNO3S/c1-9-2-4-11(21-9)5-7-14(18)17-13-6-3-10(16)8-12(13)15(19)20/h2-8H,1H3,(H,17,18)(H,19,20)/b7-5+. The lowest BCUT2D eigenvalue weighted by molar-refractivity contribution is -0.111. The molecule has 21 heavy (non-hydrogen) atoms. The Morgan fingerprint density at radius 2 is 2.05 bits per heavy atom. The number of carbonyl (C=O) groups is 2. The molecule has 1 aromatic heterocycles. The van der Waals surface area contributed by atoms with Gasteiger partial charge in [0.2, 0.25) is 5.91 Å². The van der Waals surface area contributed by atoms with Gasteiger partial charge < -0.3 is 10.4 Å². The maximum absolute atomic E-state index is 13.0. The van der Waals surface area contributed by atoms with Crippen LogP contribution in [0.3, 0.4) is 0 Å². The van der Waals surface area contributed by atoms with Gasteiger partial charge in [0.1, 0.15) is 5.82 Å². The van der Waals surface area contributed by atoms with Crippen LogP contribution in [0.5, 0.6) is 0 Å². The molecule has 1 heterocycles. The van der Waals surface area contributed by atoms with Crippen molar-refractivity contribution in [2.24, 2.45) is 0 Å². The first-order chi connectivity index (χ1) is 9.95. The van der Waals surface area contributed by atoms with E-state index in [0.29, 0.717) is 0 Å². The van der Waals surface area contributed by atoms with Crippen LogP contribution in [0.25, 0.3) is 6.08 Å². The highest BCUT2D eigenvalue weighted by atomic mass is 32.1. The number of aromatic carboxylic acids is 1. The molecule has 0 atom stereocenters. The van der Waals surface area contributed by atoms with Crippen LogP contribution in [0.1, 0.15) is 20.1 Å². The zero-order valence-electron chi connectivity index (χ0n) is 11.1. The molecule has 108 valence electrons. The minimum absolute atomic E-state index is 0.0564. The second kappa shape index (κ2) is 6.32. The fourth-order valence-electron chi connectivity index (χ4n) is 1.68. The van der Waals surface area contributed by atoms with Gasteiger partial charge in [0.25, 0.3) is 0 Å². The number of rotatable bonds is 4. The first kappa shape index (κ1) is 14.9. The first-order valence-electron chi connectivity index (χ1n) is 6.04. The van der Waals surface area contributed by atoms with Crippen LogP contribution in [-0.4, -0.2) is 17.0 Å². The van der Waals surface area contributed by atoms with Crippen LogP contribution < -0.4 is 5.32 Å². The molecule has 0 aliphatic carbocycles. The van der Waals surface area contributed by atoms with E-state index in [0.717, 1.165) is 21.9 Å². The smallest absolute Gasteiger partial charge is 0.337 e. The topological polar surface area (TPSA) is 66.4 Å². The van der Waals surface area contributed by atoms with Gasteiger partial charge in [0.15, 0.2) is 0 Å². The van der Waals surface area contributed by atoms with Crippen LogP contribution in [0.15, 0.2) is 36.4 Å². The summed E-state index contributed by atoms with van der Waals surface area (Å²) in [5.74, 6) is -2.45. The van der Waals surface area contributed by atoms with E-state index in [-0.39, 0.29) is 11.3 Å². The number of hydrogen-bond acceptors (Lipinski definition) is 3. The van der Waals surface area contributed by atoms with Gasteiger partial charge in [-0.2, -0.15) is 0 Å². The third-order valence-electron chi connectivity index (χ3n) is 2.63. The highest BCUT2D eigenvalue weighted by Gasteiger charge is 2.12. The van der Waals surface area contributed by atoms with Gasteiger partial charge in [-0.05, 0) is 43.3 Å². The van der Waals surface area contributed by atoms with Crippen LogP contribution in [0.2, 0.25) is 0 Å². The van der Waals surface area contributed by atoms with Crippen molar-refractivity contribution >= 4 is 35.0 Å². The number of carboxylic acid groups (broad SMARTS) is 1. The van der Waals surface area contributed by atoms with E-state index in [4.69, 9.17) is 5.11 Å². The van der Waals surface area contributed by atoms with E-state index in [1.165, 1.54) is 23.5 Å². The Hall–Kier alpha value is -2.47. The highest BCUT2D eigenvalue weighted by Crippen LogP contribution is 2.18. The minimum Gasteiger partial charge on any atom is -0.478 e. The number of amides is 1. The fourth-order valence-corrected chi connectivity index (χ4v) is 2.46. The predicted molar refractivity (Wildman–Crippen MR) is 80.1 cm³/mol. The van der Waals surface area contributed by atoms with Crippen molar-refractivity contribution in [1.82, 2.24) is 0 Å². The summed E-state index contributed by atoms with van der Waals surface area (Å²) in [5, 5.41) is 11.4. The van der Waals surface area contributed by atoms with Gasteiger partial charge in [-0.1, -0.05) is 0 Å². The summed E-state index contributed by atoms with van der Waals surface area (Å²) in [4.78, 5) is 24.8. The number of anilines is 1. The molecule has 1 aromatic carbocycles. The molecule has 6 heteroatoms. The average molecular weight is 305 g/mol. The van der Waals surface area contributed by atoms with Gasteiger partial charge in [-0.25, -0.2) is 9.18 Å². The molecule has 2 aromatic rings. The van der Waals surface area contributed by atoms with E-state index in [9.17, 15) is 14.0 Å². The number of nitrogens with one attached hydrogen (secondary N) is 1. The van der Waals surface area contributed by atoms with Crippen LogP contribution in [0.4, 0.5) is 10.1 Å². The number of carbonyl (C=O) groups excluding carboxylic acids is 1. The van der Waals surface area contributed by atoms with Crippen molar-refractivity contribution in [3.05, 3.63) is 57.5 Å². The molecule has 2 rings (SSSR count). The number of aryl methyl sites for hydroxylation is 1. The molecule has 0 aliphatic heterocycles. The largest absolute Gasteiger partial charge is 0.478 e. The Morgan fingerprint density at radius 1 is 1.29 bits per heavy atom. The van der Waals surface area contributed by atoms with E-state index >= 15 is 0 Å². The van der Waals surface area contributed by atoms with Crippen molar-refractivity contribution in [3.63, 3.8) is 0 Å². The molecule has 1 amide bonds. The molecule has 0 aliphatic rings. The van der Waals surface area contributed by atoms with Crippen molar-refractivity contribution in [2.45, 2.75) is 6.92 Å². The normalized spacial score (nSPS) is 10.8. The maximum Gasteiger partial charge on any atom is 0.337 e. The van der Waals surface area contributed by atoms with Gasteiger partial charge in [0.05, 0.1) is 11.3 Å². The molecule has 0 bridgehead atoms. The number of thiophene rings is 1. The second-order valence-corrected chi connectivity index (χ2v) is 5.59. The zero-order chi connectivity index (χ0) is 15.4. The Kier molecular flexibility index (Phi) is 4.49. The van der Waals surface area contributed by atoms with Gasteiger partial charge >= 0.3 is 5.97 Å². The molecule has 0 radical (unpaired) electrons. The molecule has 0 spiro atoms. The SMILES string of the molecule is Cc1ccc(/C=C/C(=O)Nc2ccc(F)cc2C(=O)O)s1. The number of benzene rings is 1. The van der Waals surface area contributed by atoms with Crippen LogP contribution in [0, 0.1) is 12.7 Å². The Bertz CT molecular complexity index is 721. The molecule has 4 nitrogen and oxygen atoms in total. The maximum atomic E-state index is 13.0. The molecule has 0 saturated carbocycles. The van der Waals surface area contributed by atoms with E-state index in [1.807, 2.05) is 19.1 Å². The number of halogens is 1. The predicted octanol–water partition coefficient (Wildman–Crippen LogP) is 3.55. The zero-order valence-corrected chi connectivity index (χ0v) is 11.9. The Labute approximate surface area is 124 Å². The summed E-state index contributed by atoms with van der Waals surface area (Å²) in [7, 11) is 0. The van der Waals surface area contributed by atoms with Crippen molar-refractivity contribution in [1.29, 1.82) is 0 Å². The molecular weight excluding hydrogens is 293 g/mol. The summed E-state index contributed by atoms with van der Waals surface area (Å²) in [6.45, 7) is 1.96. The average Bonchev–Trinajstić information content (AvgIpc) is 2.84. The molecule has 2 N–H and O–H groups in total. The van der Waals surface area contributed by atoms with Gasteiger partial charge in [0, 0.05) is 15.8 Å². The van der Waals surface area contributed by atoms with Crippen molar-refractivity contribution < 1.29 is 19.1 Å². The number of carboxylic acids is 1. The summed E-state index contributed by atoms with van der Waals surface area (Å²) in [6.07, 6.45) is 2.94. The minimum atomic E-state index is -1.30. The Morgan fingerprint density at radius 3 is 2.67 bits per heavy atom. The van der Waals surface area contributed by atoms with Crippen molar-refractivity contribution in [2.75, 3.05) is 5.32 Å². The third kappa shape index (κ3) is 4.00. The lowest BCUT2D eigenvalue weighted by Crippen LogP contribution is -2.12. The number of hydrogen-bond donors (Lipinski definition) is 2. The van der Waals surface area contributed by atoms with Crippen LogP contribution in [-0.2, 0) is 4.79 Å². The molecule has 0 fully saturated rings. The highest BCUT2D eigenvalue weighted by molar-refractivity contribution is 7.12. The summed E-state index contributed by atoms with van der Waals surface area (Å²) < 4.78 is 13.0. The molecule has 0 saturated heterocycles. The second-order valence-electron chi connectivity index (χ2n) is 4.27. The van der Waals surface area contributed by atoms with Crippen molar-refractivity contribution in [3.8, 4) is 0 Å². The molecule has 0 unspecified atom stereocenters. The summed E-state index contributed by atoms with van der Waals surface area (Å²) >= 11 is 1.54. The van der Waals surface area contributed by atoms with E-state index < -0.39 is 17.7 Å². The lowest BCUT2D eigenvalue weighted by atomic mass is 10.1. The third-order valence-corrected chi connectivity index (χ3v) is 3.60. The quantitative estimate of drug-likeness (QED) is 0.849. The van der Waals surface area contributed by atoms with Gasteiger partial charge in [-0.3, -0.25) is 4.79 Å². The molecular formula is C15H12FNO3S. The van der Waals surface area contributed by atoms with E-state index in [1.54, 1.807) is 6.08 Å². The van der Waals surface area contributed by atoms with E-state index in [2.05, 4.69) is 5.32 Å². The summed E-state index contributed by atoms with van der Waals surface area (Å²) in [6, 6.07) is 6.99. The van der Waals surface area contributed by atoms with Crippen LogP contribution >= 0.6 is 11.3 Å².